The first-order valence-electron chi connectivity index (χ1n) is 12.4. The third kappa shape index (κ3) is 5.92. The summed E-state index contributed by atoms with van der Waals surface area (Å²) in [6.45, 7) is 29.6. The third-order valence-electron chi connectivity index (χ3n) is 6.75. The molecule has 0 amide bonds. The molecule has 2 N–H and O–H groups in total. The van der Waals surface area contributed by atoms with E-state index in [2.05, 4.69) is 95.2 Å². The minimum absolute atomic E-state index is 0.169. The van der Waals surface area contributed by atoms with Gasteiger partial charge in [-0.05, 0) is 57.8 Å². The molecule has 4 nitrogen and oxygen atoms in total. The second-order valence-electron chi connectivity index (χ2n) is 14.0. The van der Waals surface area contributed by atoms with Crippen molar-refractivity contribution < 1.29 is 19.1 Å². The van der Waals surface area contributed by atoms with Gasteiger partial charge in [-0.1, -0.05) is 95.2 Å². The van der Waals surface area contributed by atoms with Crippen molar-refractivity contribution in [3.63, 3.8) is 0 Å². The number of hydrogen-bond donors (Lipinski definition) is 2. The van der Waals surface area contributed by atoms with Gasteiger partial charge < -0.3 is 5.11 Å². The predicted octanol–water partition coefficient (Wildman–Crippen LogP) is 8.89. The van der Waals surface area contributed by atoms with Crippen molar-refractivity contribution in [1.82, 2.24) is 0 Å². The van der Waals surface area contributed by atoms with E-state index in [1.807, 2.05) is 13.8 Å². The van der Waals surface area contributed by atoms with Crippen LogP contribution in [0.2, 0.25) is 0 Å². The van der Waals surface area contributed by atoms with Crippen LogP contribution in [0.4, 0.5) is 0 Å². The second-order valence-corrected chi connectivity index (χ2v) is 14.6. The summed E-state index contributed by atoms with van der Waals surface area (Å²) in [6, 6.07) is 4.23. The molecule has 2 aromatic rings. The molecule has 0 saturated carbocycles. The fourth-order valence-corrected chi connectivity index (χ4v) is 5.34. The lowest BCUT2D eigenvalue weighted by atomic mass is 9.72. The Morgan fingerprint density at radius 1 is 0.629 bits per heavy atom. The Morgan fingerprint density at radius 2 is 0.971 bits per heavy atom. The normalized spacial score (nSPS) is 13.7. The Bertz CT molecular complexity index is 1110. The van der Waals surface area contributed by atoms with E-state index in [4.69, 9.17) is 4.52 Å². The van der Waals surface area contributed by atoms with Crippen molar-refractivity contribution in [3.8, 4) is 22.6 Å². The van der Waals surface area contributed by atoms with Crippen LogP contribution in [-0.4, -0.2) is 10.00 Å². The molecule has 0 aliphatic heterocycles. The first kappa shape index (κ1) is 29.3. The Balaban J connectivity index is 3.34. The number of phenolic OH excluding ortho intramolecular Hbond substituents is 1. The summed E-state index contributed by atoms with van der Waals surface area (Å²) in [5.41, 5.74) is 6.21. The maximum atomic E-state index is 12.1. The van der Waals surface area contributed by atoms with E-state index in [9.17, 15) is 14.6 Å². The largest absolute Gasteiger partial charge is 0.747 e. The number of hydrogen-bond acceptors (Lipinski definition) is 3. The Hall–Kier alpha value is -1.90. The summed E-state index contributed by atoms with van der Waals surface area (Å²) in [6.07, 6.45) is 0. The average molecular weight is 502 g/mol. The van der Waals surface area contributed by atoms with Crippen LogP contribution in [0.1, 0.15) is 116 Å². The fourth-order valence-electron chi connectivity index (χ4n) is 4.99. The first-order valence-corrected chi connectivity index (χ1v) is 13.5. The zero-order valence-corrected chi connectivity index (χ0v) is 25.2. The van der Waals surface area contributed by atoms with Gasteiger partial charge in [-0.25, -0.2) is 4.52 Å². The van der Waals surface area contributed by atoms with Gasteiger partial charge in [0.2, 0.25) is 5.75 Å². The number of benzene rings is 2. The second kappa shape index (κ2) is 9.20. The van der Waals surface area contributed by atoms with Gasteiger partial charge in [0.05, 0.1) is 0 Å². The maximum Gasteiger partial charge on any atom is 0.747 e. The van der Waals surface area contributed by atoms with Crippen LogP contribution in [0.5, 0.6) is 11.5 Å². The van der Waals surface area contributed by atoms with Gasteiger partial charge in [0.25, 0.3) is 0 Å². The Morgan fingerprint density at radius 3 is 1.31 bits per heavy atom. The SMILES string of the molecule is Cc1c(C(C)(C)C)cc(C(C)(C)C)c(O)c1-c1c(C)c(C(C)(C)C)cc(C(C)(C)C)c1O[P+](=O)O. The van der Waals surface area contributed by atoms with Crippen LogP contribution in [0.25, 0.3) is 11.1 Å². The number of rotatable bonds is 3. The van der Waals surface area contributed by atoms with E-state index in [-0.39, 0.29) is 27.4 Å². The minimum atomic E-state index is -2.91. The van der Waals surface area contributed by atoms with Gasteiger partial charge in [-0.3, -0.25) is 0 Å². The third-order valence-corrected chi connectivity index (χ3v) is 7.09. The van der Waals surface area contributed by atoms with Gasteiger partial charge in [-0.15, -0.1) is 4.89 Å². The molecular formula is C30H46O4P+. The molecule has 5 heteroatoms. The molecule has 0 bridgehead atoms. The van der Waals surface area contributed by atoms with Crippen LogP contribution in [0.3, 0.4) is 0 Å². The monoisotopic (exact) mass is 501 g/mol. The predicted molar refractivity (Wildman–Crippen MR) is 148 cm³/mol. The molecule has 0 aliphatic rings. The molecule has 0 aromatic heterocycles. The number of phenols is 1. The van der Waals surface area contributed by atoms with Gasteiger partial charge in [0.15, 0.2) is 0 Å². The average Bonchev–Trinajstić information content (AvgIpc) is 2.59. The minimum Gasteiger partial charge on any atom is -0.507 e. The number of aromatic hydroxyl groups is 1. The molecule has 0 aliphatic carbocycles. The van der Waals surface area contributed by atoms with Gasteiger partial charge in [0, 0.05) is 26.8 Å². The molecule has 2 rings (SSSR count). The van der Waals surface area contributed by atoms with E-state index in [0.29, 0.717) is 16.9 Å². The molecular weight excluding hydrogens is 455 g/mol. The fraction of sp³-hybridized carbons (Fsp3) is 0.600. The lowest BCUT2D eigenvalue weighted by Crippen LogP contribution is -2.21. The molecule has 0 spiro atoms. The van der Waals surface area contributed by atoms with Crippen molar-refractivity contribution in [3.05, 3.63) is 45.5 Å². The smallest absolute Gasteiger partial charge is 0.507 e. The summed E-state index contributed by atoms with van der Waals surface area (Å²) < 4.78 is 17.8. The van der Waals surface area contributed by atoms with E-state index in [1.54, 1.807) is 0 Å². The first-order chi connectivity index (χ1) is 15.5. The molecule has 0 heterocycles. The van der Waals surface area contributed by atoms with Crippen molar-refractivity contribution >= 4 is 8.25 Å². The van der Waals surface area contributed by atoms with E-state index in [0.717, 1.165) is 33.4 Å². The van der Waals surface area contributed by atoms with E-state index in [1.165, 1.54) is 0 Å². The molecule has 35 heavy (non-hydrogen) atoms. The molecule has 2 aromatic carbocycles. The highest BCUT2D eigenvalue weighted by atomic mass is 31.1. The van der Waals surface area contributed by atoms with Crippen molar-refractivity contribution in [2.24, 2.45) is 0 Å². The van der Waals surface area contributed by atoms with Crippen LogP contribution in [-0.2, 0) is 26.2 Å². The van der Waals surface area contributed by atoms with Gasteiger partial charge in [0.1, 0.15) is 5.75 Å². The van der Waals surface area contributed by atoms with Crippen LogP contribution in [0, 0.1) is 13.8 Å². The maximum absolute atomic E-state index is 12.1. The van der Waals surface area contributed by atoms with Crippen molar-refractivity contribution in [2.75, 3.05) is 0 Å². The Labute approximate surface area is 214 Å². The van der Waals surface area contributed by atoms with Gasteiger partial charge >= 0.3 is 8.25 Å². The molecule has 1 unspecified atom stereocenters. The quantitative estimate of drug-likeness (QED) is 0.412. The summed E-state index contributed by atoms with van der Waals surface area (Å²) in [5.74, 6) is 0.575. The van der Waals surface area contributed by atoms with Crippen molar-refractivity contribution in [2.45, 2.75) is 119 Å². The summed E-state index contributed by atoms with van der Waals surface area (Å²) in [4.78, 5) is 9.92. The lowest BCUT2D eigenvalue weighted by Gasteiger charge is -2.33. The zero-order chi connectivity index (χ0) is 27.5. The highest BCUT2D eigenvalue weighted by Crippen LogP contribution is 2.53. The molecule has 0 fully saturated rings. The zero-order valence-electron chi connectivity index (χ0n) is 24.3. The van der Waals surface area contributed by atoms with Crippen LogP contribution < -0.4 is 4.52 Å². The summed E-state index contributed by atoms with van der Waals surface area (Å²) >= 11 is 0. The van der Waals surface area contributed by atoms with Gasteiger partial charge in [-0.2, -0.15) is 0 Å². The molecule has 1 atom stereocenters. The van der Waals surface area contributed by atoms with E-state index < -0.39 is 8.25 Å². The molecule has 0 saturated heterocycles. The van der Waals surface area contributed by atoms with Crippen LogP contribution >= 0.6 is 8.25 Å². The topological polar surface area (TPSA) is 66.8 Å². The molecule has 194 valence electrons. The Kier molecular flexibility index (Phi) is 7.71. The van der Waals surface area contributed by atoms with Crippen LogP contribution in [0.15, 0.2) is 12.1 Å². The standard InChI is InChI=1S/C30H45O4P/c1-17-19(27(3,4)5)15-21(29(9,10)11)25(31)23(17)24-18(2)20(28(6,7)8)16-22(30(12,13)14)26(24)34-35(32)33/h15-16H,1-14H3,(H-,31,32,33)/p+1. The van der Waals surface area contributed by atoms with Crippen molar-refractivity contribution in [1.29, 1.82) is 0 Å². The van der Waals surface area contributed by atoms with E-state index >= 15 is 0 Å². The summed E-state index contributed by atoms with van der Waals surface area (Å²) in [7, 11) is -2.91. The summed E-state index contributed by atoms with van der Waals surface area (Å²) in [5, 5.41) is 11.8. The molecule has 0 radical (unpaired) electrons. The highest BCUT2D eigenvalue weighted by Gasteiger charge is 2.36. The lowest BCUT2D eigenvalue weighted by molar-refractivity contribution is 0.403. The highest BCUT2D eigenvalue weighted by molar-refractivity contribution is 7.32.